The summed E-state index contributed by atoms with van der Waals surface area (Å²) in [6, 6.07) is 14.6. The first-order valence-electron chi connectivity index (χ1n) is 10.9. The first-order chi connectivity index (χ1) is 14.7. The number of amides is 1. The highest BCUT2D eigenvalue weighted by molar-refractivity contribution is 9.10. The highest BCUT2D eigenvalue weighted by Gasteiger charge is 2.27. The number of ether oxygens (including phenoxy) is 2. The number of nitrogens with one attached hydrogen (secondary N) is 1. The van der Waals surface area contributed by atoms with Crippen LogP contribution in [-0.4, -0.2) is 35.7 Å². The molecule has 1 heterocycles. The minimum atomic E-state index is -0.476. The summed E-state index contributed by atoms with van der Waals surface area (Å²) < 4.78 is 12.8. The molecule has 0 aliphatic carbocycles. The van der Waals surface area contributed by atoms with E-state index in [0.29, 0.717) is 19.7 Å². The van der Waals surface area contributed by atoms with E-state index >= 15 is 0 Å². The van der Waals surface area contributed by atoms with Crippen LogP contribution in [0.3, 0.4) is 0 Å². The average molecular weight is 489 g/mol. The fourth-order valence-corrected chi connectivity index (χ4v) is 4.38. The second-order valence-electron chi connectivity index (χ2n) is 9.13. The van der Waals surface area contributed by atoms with Crippen LogP contribution in [0.4, 0.5) is 4.79 Å². The Labute approximate surface area is 194 Å². The number of hydrogen-bond acceptors (Lipinski definition) is 4. The van der Waals surface area contributed by atoms with Crippen molar-refractivity contribution in [2.45, 2.75) is 65.3 Å². The quantitative estimate of drug-likeness (QED) is 0.555. The van der Waals surface area contributed by atoms with E-state index in [0.717, 1.165) is 46.3 Å². The van der Waals surface area contributed by atoms with Gasteiger partial charge in [0.25, 0.3) is 0 Å². The lowest BCUT2D eigenvalue weighted by Gasteiger charge is -2.34. The van der Waals surface area contributed by atoms with E-state index in [1.54, 1.807) is 0 Å². The highest BCUT2D eigenvalue weighted by atomic mass is 79.9. The van der Waals surface area contributed by atoms with E-state index in [4.69, 9.17) is 9.47 Å². The molecule has 0 spiro atoms. The summed E-state index contributed by atoms with van der Waals surface area (Å²) in [4.78, 5) is 14.3. The Kier molecular flexibility index (Phi) is 8.00. The van der Waals surface area contributed by atoms with Crippen molar-refractivity contribution < 1.29 is 14.3 Å². The van der Waals surface area contributed by atoms with Crippen molar-refractivity contribution in [3.8, 4) is 5.75 Å². The summed E-state index contributed by atoms with van der Waals surface area (Å²) in [5.74, 6) is 0.916. The zero-order valence-corrected chi connectivity index (χ0v) is 20.5. The number of aryl methyl sites for hydroxylation is 1. The van der Waals surface area contributed by atoms with Crippen LogP contribution in [-0.2, 0) is 17.9 Å². The number of hydrogen-bond donors (Lipinski definition) is 1. The molecule has 31 heavy (non-hydrogen) atoms. The van der Waals surface area contributed by atoms with Crippen LogP contribution in [0.15, 0.2) is 46.9 Å². The summed E-state index contributed by atoms with van der Waals surface area (Å²) in [5.41, 5.74) is 2.87. The molecule has 5 nitrogen and oxygen atoms in total. The molecular formula is C25H33BrN2O3. The van der Waals surface area contributed by atoms with Crippen molar-refractivity contribution in [3.63, 3.8) is 0 Å². The Morgan fingerprint density at radius 3 is 2.68 bits per heavy atom. The average Bonchev–Trinajstić information content (AvgIpc) is 2.71. The molecule has 3 rings (SSSR count). The number of rotatable bonds is 6. The predicted octanol–water partition coefficient (Wildman–Crippen LogP) is 5.83. The van der Waals surface area contributed by atoms with Gasteiger partial charge in [-0.15, -0.1) is 0 Å². The summed E-state index contributed by atoms with van der Waals surface area (Å²) in [6.45, 7) is 10.4. The van der Waals surface area contributed by atoms with Gasteiger partial charge in [-0.3, -0.25) is 0 Å². The third-order valence-corrected chi connectivity index (χ3v) is 5.65. The monoisotopic (exact) mass is 488 g/mol. The van der Waals surface area contributed by atoms with Crippen LogP contribution in [0.1, 0.15) is 50.3 Å². The van der Waals surface area contributed by atoms with Gasteiger partial charge in [-0.25, -0.2) is 4.79 Å². The number of likely N-dealkylation sites (tertiary alicyclic amines) is 1. The van der Waals surface area contributed by atoms with E-state index in [1.807, 2.05) is 43.9 Å². The zero-order chi connectivity index (χ0) is 22.4. The van der Waals surface area contributed by atoms with Crippen molar-refractivity contribution in [1.29, 1.82) is 0 Å². The Bertz CT molecular complexity index is 880. The van der Waals surface area contributed by atoms with Gasteiger partial charge in [0.2, 0.25) is 0 Å². The molecule has 1 N–H and O–H groups in total. The second-order valence-corrected chi connectivity index (χ2v) is 10.0. The Morgan fingerprint density at radius 2 is 1.97 bits per heavy atom. The second kappa shape index (κ2) is 10.5. The lowest BCUT2D eigenvalue weighted by molar-refractivity contribution is 0.0187. The minimum absolute atomic E-state index is 0.225. The maximum Gasteiger partial charge on any atom is 0.410 e. The van der Waals surface area contributed by atoms with Gasteiger partial charge in [-0.2, -0.15) is 0 Å². The van der Waals surface area contributed by atoms with Crippen LogP contribution in [0.25, 0.3) is 0 Å². The molecule has 1 aliphatic rings. The van der Waals surface area contributed by atoms with Gasteiger partial charge in [0, 0.05) is 35.7 Å². The van der Waals surface area contributed by atoms with Gasteiger partial charge in [-0.1, -0.05) is 46.3 Å². The first kappa shape index (κ1) is 23.6. The van der Waals surface area contributed by atoms with Gasteiger partial charge in [0.05, 0.1) is 0 Å². The fraction of sp³-hybridized carbons (Fsp3) is 0.480. The largest absolute Gasteiger partial charge is 0.488 e. The van der Waals surface area contributed by atoms with Crippen LogP contribution < -0.4 is 10.1 Å². The van der Waals surface area contributed by atoms with E-state index < -0.39 is 5.60 Å². The smallest absolute Gasteiger partial charge is 0.410 e. The van der Waals surface area contributed by atoms with Gasteiger partial charge in [-0.05, 0) is 63.8 Å². The molecule has 1 unspecified atom stereocenters. The summed E-state index contributed by atoms with van der Waals surface area (Å²) in [7, 11) is 0. The maximum atomic E-state index is 12.4. The van der Waals surface area contributed by atoms with Crippen molar-refractivity contribution in [2.75, 3.05) is 13.1 Å². The van der Waals surface area contributed by atoms with E-state index in [2.05, 4.69) is 52.4 Å². The summed E-state index contributed by atoms with van der Waals surface area (Å²) >= 11 is 3.61. The van der Waals surface area contributed by atoms with Crippen molar-refractivity contribution in [3.05, 3.63) is 63.6 Å². The van der Waals surface area contributed by atoms with E-state index in [9.17, 15) is 4.79 Å². The molecule has 6 heteroatoms. The summed E-state index contributed by atoms with van der Waals surface area (Å²) in [6.07, 6.45) is 1.77. The SMILES string of the molecule is Cc1cc(Br)cc(CNC2CCCN(C(=O)OC(C)(C)C)C2)c1OCc1ccccc1. The summed E-state index contributed by atoms with van der Waals surface area (Å²) in [5, 5.41) is 3.63. The highest BCUT2D eigenvalue weighted by Crippen LogP contribution is 2.29. The lowest BCUT2D eigenvalue weighted by Crippen LogP contribution is -2.49. The van der Waals surface area contributed by atoms with Crippen molar-refractivity contribution in [2.24, 2.45) is 0 Å². The molecule has 1 fully saturated rings. The van der Waals surface area contributed by atoms with Gasteiger partial charge in [0.1, 0.15) is 18.0 Å². The number of piperidine rings is 1. The van der Waals surface area contributed by atoms with Gasteiger partial charge >= 0.3 is 6.09 Å². The van der Waals surface area contributed by atoms with Crippen molar-refractivity contribution >= 4 is 22.0 Å². The fourth-order valence-electron chi connectivity index (χ4n) is 3.76. The molecule has 0 bridgehead atoms. The van der Waals surface area contributed by atoms with E-state index in [1.165, 1.54) is 0 Å². The minimum Gasteiger partial charge on any atom is -0.488 e. The Balaban J connectivity index is 1.63. The van der Waals surface area contributed by atoms with Crippen LogP contribution >= 0.6 is 15.9 Å². The molecule has 1 atom stereocenters. The third kappa shape index (κ3) is 7.25. The molecule has 2 aromatic carbocycles. The standard InChI is InChI=1S/C25H33BrN2O3/c1-18-13-21(26)14-20(23(18)30-17-19-9-6-5-7-10-19)15-27-22-11-8-12-28(16-22)24(29)31-25(2,3)4/h5-7,9-10,13-14,22,27H,8,11-12,15-17H2,1-4H3. The lowest BCUT2D eigenvalue weighted by atomic mass is 10.0. The third-order valence-electron chi connectivity index (χ3n) is 5.20. The molecule has 0 radical (unpaired) electrons. The normalized spacial score (nSPS) is 16.8. The molecule has 1 aliphatic heterocycles. The van der Waals surface area contributed by atoms with Crippen LogP contribution in [0.5, 0.6) is 5.75 Å². The molecule has 1 amide bonds. The molecule has 168 valence electrons. The molecule has 0 aromatic heterocycles. The van der Waals surface area contributed by atoms with Crippen LogP contribution in [0.2, 0.25) is 0 Å². The number of carbonyl (C=O) groups excluding carboxylic acids is 1. The van der Waals surface area contributed by atoms with E-state index in [-0.39, 0.29) is 12.1 Å². The first-order valence-corrected chi connectivity index (χ1v) is 11.7. The Hall–Kier alpha value is -2.05. The topological polar surface area (TPSA) is 50.8 Å². The van der Waals surface area contributed by atoms with Crippen LogP contribution in [0, 0.1) is 6.92 Å². The number of nitrogens with zero attached hydrogens (tertiary/aromatic N) is 1. The Morgan fingerprint density at radius 1 is 1.23 bits per heavy atom. The molecule has 1 saturated heterocycles. The maximum absolute atomic E-state index is 12.4. The number of benzene rings is 2. The molecule has 0 saturated carbocycles. The van der Waals surface area contributed by atoms with Gasteiger partial charge < -0.3 is 19.7 Å². The number of carbonyl (C=O) groups is 1. The number of halogens is 1. The molecular weight excluding hydrogens is 456 g/mol. The zero-order valence-electron chi connectivity index (χ0n) is 18.9. The predicted molar refractivity (Wildman–Crippen MR) is 127 cm³/mol. The molecule has 2 aromatic rings. The van der Waals surface area contributed by atoms with Crippen molar-refractivity contribution in [1.82, 2.24) is 10.2 Å². The van der Waals surface area contributed by atoms with Gasteiger partial charge in [0.15, 0.2) is 0 Å².